The van der Waals surface area contributed by atoms with E-state index in [4.69, 9.17) is 17.3 Å². The molecule has 1 aromatic heterocycles. The van der Waals surface area contributed by atoms with Crippen LogP contribution in [0.15, 0.2) is 36.5 Å². The Labute approximate surface area is 106 Å². The molecule has 0 aliphatic rings. The van der Waals surface area contributed by atoms with Gasteiger partial charge in [-0.3, -0.25) is 0 Å². The van der Waals surface area contributed by atoms with Crippen LogP contribution in [-0.2, 0) is 6.42 Å². The highest BCUT2D eigenvalue weighted by Gasteiger charge is 2.07. The Morgan fingerprint density at radius 1 is 1.29 bits per heavy atom. The molecule has 1 unspecified atom stereocenters. The fraction of sp³-hybridized carbons (Fsp3) is 0.231. The summed E-state index contributed by atoms with van der Waals surface area (Å²) >= 11 is 6.11. The van der Waals surface area contributed by atoms with Crippen molar-refractivity contribution in [2.24, 2.45) is 5.73 Å². The van der Waals surface area contributed by atoms with Gasteiger partial charge in [-0.25, -0.2) is 9.97 Å². The van der Waals surface area contributed by atoms with E-state index < -0.39 is 0 Å². The van der Waals surface area contributed by atoms with Gasteiger partial charge in [0, 0.05) is 29.9 Å². The minimum Gasteiger partial charge on any atom is -0.328 e. The van der Waals surface area contributed by atoms with Crippen molar-refractivity contribution < 1.29 is 0 Å². The summed E-state index contributed by atoms with van der Waals surface area (Å²) in [6.45, 7) is 1.96. The maximum atomic E-state index is 6.11. The quantitative estimate of drug-likeness (QED) is 0.907. The fourth-order valence-corrected chi connectivity index (χ4v) is 1.83. The SMILES string of the molecule is CC(N)Cc1ccnc(-c2ccccc2Cl)n1. The molecule has 0 saturated carbocycles. The molecule has 0 aliphatic carbocycles. The van der Waals surface area contributed by atoms with Crippen molar-refractivity contribution in [3.8, 4) is 11.4 Å². The van der Waals surface area contributed by atoms with Gasteiger partial charge < -0.3 is 5.73 Å². The van der Waals surface area contributed by atoms with Gasteiger partial charge in [0.25, 0.3) is 0 Å². The number of aromatic nitrogens is 2. The first kappa shape index (κ1) is 12.0. The molecule has 88 valence electrons. The second kappa shape index (κ2) is 5.25. The molecule has 1 atom stereocenters. The summed E-state index contributed by atoms with van der Waals surface area (Å²) in [6, 6.07) is 9.51. The van der Waals surface area contributed by atoms with Crippen molar-refractivity contribution in [2.75, 3.05) is 0 Å². The molecule has 2 N–H and O–H groups in total. The number of hydrogen-bond donors (Lipinski definition) is 1. The van der Waals surface area contributed by atoms with Crippen molar-refractivity contribution in [3.05, 3.63) is 47.2 Å². The summed E-state index contributed by atoms with van der Waals surface area (Å²) in [6.07, 6.45) is 2.48. The first-order valence-corrected chi connectivity index (χ1v) is 5.87. The zero-order chi connectivity index (χ0) is 12.3. The van der Waals surface area contributed by atoms with Crippen LogP contribution in [0.5, 0.6) is 0 Å². The third-order valence-corrected chi connectivity index (χ3v) is 2.69. The Hall–Kier alpha value is -1.45. The van der Waals surface area contributed by atoms with Crippen LogP contribution in [0.25, 0.3) is 11.4 Å². The van der Waals surface area contributed by atoms with Crippen molar-refractivity contribution in [3.63, 3.8) is 0 Å². The van der Waals surface area contributed by atoms with E-state index in [0.29, 0.717) is 10.8 Å². The first-order valence-electron chi connectivity index (χ1n) is 5.49. The van der Waals surface area contributed by atoms with Crippen LogP contribution >= 0.6 is 11.6 Å². The maximum absolute atomic E-state index is 6.11. The normalized spacial score (nSPS) is 12.4. The Bertz CT molecular complexity index is 512. The molecule has 4 heteroatoms. The molecule has 1 heterocycles. The van der Waals surface area contributed by atoms with E-state index in [2.05, 4.69) is 9.97 Å². The Balaban J connectivity index is 2.37. The molecule has 0 radical (unpaired) electrons. The largest absolute Gasteiger partial charge is 0.328 e. The van der Waals surface area contributed by atoms with E-state index in [1.807, 2.05) is 37.3 Å². The number of benzene rings is 1. The van der Waals surface area contributed by atoms with Crippen molar-refractivity contribution in [1.82, 2.24) is 9.97 Å². The standard InChI is InChI=1S/C13H14ClN3/c1-9(15)8-10-6-7-16-13(17-10)11-4-2-3-5-12(11)14/h2-7,9H,8,15H2,1H3. The van der Waals surface area contributed by atoms with Gasteiger partial charge in [-0.1, -0.05) is 23.7 Å². The molecular weight excluding hydrogens is 234 g/mol. The second-order valence-electron chi connectivity index (χ2n) is 4.03. The maximum Gasteiger partial charge on any atom is 0.160 e. The third kappa shape index (κ3) is 3.02. The third-order valence-electron chi connectivity index (χ3n) is 2.36. The predicted octanol–water partition coefficient (Wildman–Crippen LogP) is 2.69. The van der Waals surface area contributed by atoms with Crippen LogP contribution in [0.1, 0.15) is 12.6 Å². The molecule has 17 heavy (non-hydrogen) atoms. The zero-order valence-electron chi connectivity index (χ0n) is 9.60. The lowest BCUT2D eigenvalue weighted by atomic mass is 10.1. The smallest absolute Gasteiger partial charge is 0.160 e. The van der Waals surface area contributed by atoms with E-state index in [9.17, 15) is 0 Å². The average Bonchev–Trinajstić information content (AvgIpc) is 2.29. The highest BCUT2D eigenvalue weighted by atomic mass is 35.5. The topological polar surface area (TPSA) is 51.8 Å². The molecule has 0 amide bonds. The summed E-state index contributed by atoms with van der Waals surface area (Å²) < 4.78 is 0. The van der Waals surface area contributed by atoms with Crippen LogP contribution < -0.4 is 5.73 Å². The van der Waals surface area contributed by atoms with Crippen molar-refractivity contribution in [1.29, 1.82) is 0 Å². The highest BCUT2D eigenvalue weighted by Crippen LogP contribution is 2.24. The summed E-state index contributed by atoms with van der Waals surface area (Å²) in [5.41, 5.74) is 7.54. The van der Waals surface area contributed by atoms with Gasteiger partial charge >= 0.3 is 0 Å². The molecule has 0 bridgehead atoms. The van der Waals surface area contributed by atoms with E-state index >= 15 is 0 Å². The van der Waals surface area contributed by atoms with Crippen LogP contribution in [0.3, 0.4) is 0 Å². The zero-order valence-corrected chi connectivity index (χ0v) is 10.4. The van der Waals surface area contributed by atoms with E-state index in [1.165, 1.54) is 0 Å². The minimum atomic E-state index is 0.0870. The summed E-state index contributed by atoms with van der Waals surface area (Å²) in [5.74, 6) is 0.647. The summed E-state index contributed by atoms with van der Waals surface area (Å²) in [4.78, 5) is 8.71. The number of nitrogens with zero attached hydrogens (tertiary/aromatic N) is 2. The van der Waals surface area contributed by atoms with Crippen LogP contribution in [-0.4, -0.2) is 16.0 Å². The number of rotatable bonds is 3. The molecular formula is C13H14ClN3. The van der Waals surface area contributed by atoms with Gasteiger partial charge in [-0.05, 0) is 25.1 Å². The van der Waals surface area contributed by atoms with Crippen LogP contribution in [0, 0.1) is 0 Å². The van der Waals surface area contributed by atoms with Crippen molar-refractivity contribution >= 4 is 11.6 Å². The van der Waals surface area contributed by atoms with Gasteiger partial charge in [0.2, 0.25) is 0 Å². The second-order valence-corrected chi connectivity index (χ2v) is 4.44. The Kier molecular flexibility index (Phi) is 3.71. The fourth-order valence-electron chi connectivity index (χ4n) is 1.61. The molecule has 0 spiro atoms. The van der Waals surface area contributed by atoms with Crippen LogP contribution in [0.4, 0.5) is 0 Å². The van der Waals surface area contributed by atoms with Gasteiger partial charge in [-0.15, -0.1) is 0 Å². The number of hydrogen-bond acceptors (Lipinski definition) is 3. The van der Waals surface area contributed by atoms with Gasteiger partial charge in [0.05, 0.1) is 5.02 Å². The van der Waals surface area contributed by atoms with E-state index in [0.717, 1.165) is 17.7 Å². The molecule has 1 aromatic carbocycles. The van der Waals surface area contributed by atoms with Gasteiger partial charge in [0.1, 0.15) is 0 Å². The Morgan fingerprint density at radius 2 is 2.06 bits per heavy atom. The molecule has 0 fully saturated rings. The Morgan fingerprint density at radius 3 is 2.76 bits per heavy atom. The number of nitrogens with two attached hydrogens (primary N) is 1. The molecule has 3 nitrogen and oxygen atoms in total. The molecule has 2 rings (SSSR count). The van der Waals surface area contributed by atoms with Crippen molar-refractivity contribution in [2.45, 2.75) is 19.4 Å². The lowest BCUT2D eigenvalue weighted by molar-refractivity contribution is 0.720. The average molecular weight is 248 g/mol. The van der Waals surface area contributed by atoms with Crippen LogP contribution in [0.2, 0.25) is 5.02 Å². The highest BCUT2D eigenvalue weighted by molar-refractivity contribution is 6.33. The molecule has 2 aromatic rings. The van der Waals surface area contributed by atoms with E-state index in [1.54, 1.807) is 6.20 Å². The molecule has 0 aliphatic heterocycles. The minimum absolute atomic E-state index is 0.0870. The van der Waals surface area contributed by atoms with E-state index in [-0.39, 0.29) is 6.04 Å². The lowest BCUT2D eigenvalue weighted by Crippen LogP contribution is -2.18. The molecule has 0 saturated heterocycles. The monoisotopic (exact) mass is 247 g/mol. The van der Waals surface area contributed by atoms with Gasteiger partial charge in [0.15, 0.2) is 5.82 Å². The van der Waals surface area contributed by atoms with Gasteiger partial charge in [-0.2, -0.15) is 0 Å². The lowest BCUT2D eigenvalue weighted by Gasteiger charge is -2.07. The predicted molar refractivity (Wildman–Crippen MR) is 69.8 cm³/mol. The number of halogens is 1. The summed E-state index contributed by atoms with van der Waals surface area (Å²) in [5, 5.41) is 0.658. The summed E-state index contributed by atoms with van der Waals surface area (Å²) in [7, 11) is 0. The first-order chi connectivity index (χ1) is 8.16.